The molecule has 9 nitrogen and oxygen atoms in total. The third-order valence-corrected chi connectivity index (χ3v) is 4.32. The second kappa shape index (κ2) is 9.70. The van der Waals surface area contributed by atoms with Crippen LogP contribution in [0.5, 0.6) is 0 Å². The van der Waals surface area contributed by atoms with Crippen LogP contribution in [0.4, 0.5) is 17.2 Å². The number of carbonyl (C=O) groups excluding carboxylic acids is 3. The average molecular weight is 403 g/mol. The summed E-state index contributed by atoms with van der Waals surface area (Å²) in [6.07, 6.45) is 1.28. The number of nitrogens with zero attached hydrogens (tertiary/aromatic N) is 2. The zero-order valence-electron chi connectivity index (χ0n) is 15.7. The van der Waals surface area contributed by atoms with Gasteiger partial charge in [-0.25, -0.2) is 14.8 Å². The van der Waals surface area contributed by atoms with Crippen molar-refractivity contribution in [3.8, 4) is 0 Å². The normalized spacial score (nSPS) is 10.2. The molecule has 28 heavy (non-hydrogen) atoms. The first-order valence-electron chi connectivity index (χ1n) is 8.40. The van der Waals surface area contributed by atoms with E-state index >= 15 is 0 Å². The molecule has 0 unspecified atom stereocenters. The molecule has 0 bridgehead atoms. The van der Waals surface area contributed by atoms with Gasteiger partial charge in [-0.15, -0.1) is 0 Å². The second-order valence-corrected chi connectivity index (χ2v) is 6.66. The lowest BCUT2D eigenvalue weighted by molar-refractivity contribution is -0.114. The molecular weight excluding hydrogens is 382 g/mol. The van der Waals surface area contributed by atoms with Gasteiger partial charge in [0.1, 0.15) is 11.4 Å². The highest BCUT2D eigenvalue weighted by molar-refractivity contribution is 7.99. The van der Waals surface area contributed by atoms with Crippen molar-refractivity contribution < 1.29 is 19.1 Å². The Morgan fingerprint density at radius 3 is 2.64 bits per heavy atom. The number of nitrogen functional groups attached to an aromatic ring is 1. The molecule has 0 atom stereocenters. The average Bonchev–Trinajstić information content (AvgIpc) is 2.62. The summed E-state index contributed by atoms with van der Waals surface area (Å²) < 4.78 is 4.86. The van der Waals surface area contributed by atoms with Crippen molar-refractivity contribution in [2.45, 2.75) is 25.9 Å². The smallest absolute Gasteiger partial charge is 0.343 e. The summed E-state index contributed by atoms with van der Waals surface area (Å²) in [5, 5.41) is 5.72. The van der Waals surface area contributed by atoms with Gasteiger partial charge in [-0.1, -0.05) is 17.8 Å². The largest absolute Gasteiger partial charge is 0.462 e. The zero-order chi connectivity index (χ0) is 20.7. The Hall–Kier alpha value is -3.14. The predicted octanol–water partition coefficient (Wildman–Crippen LogP) is 2.23. The van der Waals surface area contributed by atoms with Gasteiger partial charge in [0.15, 0.2) is 5.16 Å². The molecule has 0 saturated carbocycles. The fourth-order valence-corrected chi connectivity index (χ4v) is 2.79. The zero-order valence-corrected chi connectivity index (χ0v) is 16.6. The Balaban J connectivity index is 1.96. The van der Waals surface area contributed by atoms with Crippen molar-refractivity contribution in [1.82, 2.24) is 9.97 Å². The summed E-state index contributed by atoms with van der Waals surface area (Å²) in [4.78, 5) is 43.1. The van der Waals surface area contributed by atoms with Crippen LogP contribution in [0.2, 0.25) is 0 Å². The number of benzene rings is 1. The van der Waals surface area contributed by atoms with E-state index in [1.807, 2.05) is 6.92 Å². The van der Waals surface area contributed by atoms with Crippen molar-refractivity contribution in [2.75, 3.05) is 28.7 Å². The molecule has 0 aliphatic rings. The number of aryl methyl sites for hydroxylation is 1. The van der Waals surface area contributed by atoms with Crippen molar-refractivity contribution in [3.63, 3.8) is 0 Å². The van der Waals surface area contributed by atoms with E-state index in [2.05, 4.69) is 20.6 Å². The number of rotatable bonds is 7. The molecule has 0 radical (unpaired) electrons. The van der Waals surface area contributed by atoms with Gasteiger partial charge in [0, 0.05) is 24.5 Å². The monoisotopic (exact) mass is 403 g/mol. The van der Waals surface area contributed by atoms with Gasteiger partial charge in [0.05, 0.1) is 12.4 Å². The van der Waals surface area contributed by atoms with Crippen LogP contribution in [0.3, 0.4) is 0 Å². The minimum Gasteiger partial charge on any atom is -0.462 e. The first kappa shape index (κ1) is 21.2. The van der Waals surface area contributed by atoms with Crippen LogP contribution < -0.4 is 16.4 Å². The predicted molar refractivity (Wildman–Crippen MR) is 107 cm³/mol. The van der Waals surface area contributed by atoms with E-state index in [-0.39, 0.29) is 40.7 Å². The third kappa shape index (κ3) is 5.95. The Morgan fingerprint density at radius 2 is 2.00 bits per heavy atom. The number of esters is 1. The molecule has 2 aromatic rings. The van der Waals surface area contributed by atoms with Gasteiger partial charge >= 0.3 is 5.97 Å². The number of nitrogens with one attached hydrogen (secondary N) is 2. The maximum Gasteiger partial charge on any atom is 0.343 e. The lowest BCUT2D eigenvalue weighted by Crippen LogP contribution is -2.15. The topological polar surface area (TPSA) is 136 Å². The lowest BCUT2D eigenvalue weighted by Gasteiger charge is -2.10. The molecule has 1 aromatic carbocycles. The summed E-state index contributed by atoms with van der Waals surface area (Å²) in [7, 11) is 0. The molecule has 0 saturated heterocycles. The van der Waals surface area contributed by atoms with E-state index in [9.17, 15) is 14.4 Å². The fraction of sp³-hybridized carbons (Fsp3) is 0.278. The Labute approximate surface area is 166 Å². The first-order valence-corrected chi connectivity index (χ1v) is 9.39. The molecule has 1 heterocycles. The van der Waals surface area contributed by atoms with E-state index < -0.39 is 5.97 Å². The number of thioether (sulfide) groups is 1. The summed E-state index contributed by atoms with van der Waals surface area (Å²) in [6, 6.07) is 5.22. The minimum atomic E-state index is -0.594. The van der Waals surface area contributed by atoms with Gasteiger partial charge in [-0.3, -0.25) is 9.59 Å². The van der Waals surface area contributed by atoms with E-state index in [0.717, 1.165) is 17.3 Å². The minimum absolute atomic E-state index is 0.00478. The summed E-state index contributed by atoms with van der Waals surface area (Å²) in [5.74, 6) is -1.03. The van der Waals surface area contributed by atoms with Crippen molar-refractivity contribution >= 4 is 46.7 Å². The molecule has 1 aromatic heterocycles. The van der Waals surface area contributed by atoms with E-state index in [4.69, 9.17) is 10.5 Å². The van der Waals surface area contributed by atoms with Crippen LogP contribution in [-0.2, 0) is 14.3 Å². The summed E-state index contributed by atoms with van der Waals surface area (Å²) >= 11 is 1.08. The Kier molecular flexibility index (Phi) is 7.33. The highest BCUT2D eigenvalue weighted by Gasteiger charge is 2.14. The van der Waals surface area contributed by atoms with Crippen molar-refractivity contribution in [2.24, 2.45) is 0 Å². The third-order valence-electron chi connectivity index (χ3n) is 3.46. The molecule has 2 rings (SSSR count). The number of carbonyl (C=O) groups is 3. The quantitative estimate of drug-likeness (QED) is 0.364. The number of hydrogen-bond acceptors (Lipinski definition) is 8. The van der Waals surface area contributed by atoms with Gasteiger partial charge in [-0.2, -0.15) is 0 Å². The highest BCUT2D eigenvalue weighted by Crippen LogP contribution is 2.21. The molecule has 0 aliphatic carbocycles. The SMILES string of the molecule is CCOC(=O)c1cnc(SCC(=O)Nc2ccc(C)c(NC(C)=O)c2)nc1N. The standard InChI is InChI=1S/C18H21N5O4S/c1-4-27-17(26)13-8-20-18(23-16(13)19)28-9-15(25)22-12-6-5-10(2)14(7-12)21-11(3)24/h5-8H,4,9H2,1-3H3,(H,21,24)(H,22,25)(H2,19,20,23). The fourth-order valence-electron chi connectivity index (χ4n) is 2.16. The molecule has 148 valence electrons. The van der Waals surface area contributed by atoms with Gasteiger partial charge < -0.3 is 21.1 Å². The Bertz CT molecular complexity index is 904. The van der Waals surface area contributed by atoms with Gasteiger partial charge in [0.2, 0.25) is 11.8 Å². The number of nitrogens with two attached hydrogens (primary N) is 1. The molecule has 0 aliphatic heterocycles. The molecular formula is C18H21N5O4S. The summed E-state index contributed by atoms with van der Waals surface area (Å²) in [6.45, 7) is 5.18. The number of amides is 2. The number of hydrogen-bond donors (Lipinski definition) is 3. The van der Waals surface area contributed by atoms with Crippen LogP contribution in [0, 0.1) is 6.92 Å². The van der Waals surface area contributed by atoms with E-state index in [1.54, 1.807) is 25.1 Å². The van der Waals surface area contributed by atoms with Crippen molar-refractivity contribution in [1.29, 1.82) is 0 Å². The first-order chi connectivity index (χ1) is 13.3. The molecule has 2 amide bonds. The van der Waals surface area contributed by atoms with Crippen LogP contribution >= 0.6 is 11.8 Å². The number of anilines is 3. The number of aromatic nitrogens is 2. The van der Waals surface area contributed by atoms with Crippen LogP contribution in [0.1, 0.15) is 29.8 Å². The lowest BCUT2D eigenvalue weighted by atomic mass is 10.2. The maximum absolute atomic E-state index is 12.2. The van der Waals surface area contributed by atoms with Crippen LogP contribution in [0.15, 0.2) is 29.6 Å². The molecule has 0 fully saturated rings. The maximum atomic E-state index is 12.2. The van der Waals surface area contributed by atoms with E-state index in [0.29, 0.717) is 11.4 Å². The van der Waals surface area contributed by atoms with Gasteiger partial charge in [-0.05, 0) is 31.5 Å². The molecule has 0 spiro atoms. The van der Waals surface area contributed by atoms with Gasteiger partial charge in [0.25, 0.3) is 0 Å². The van der Waals surface area contributed by atoms with E-state index in [1.165, 1.54) is 13.1 Å². The highest BCUT2D eigenvalue weighted by atomic mass is 32.2. The summed E-state index contributed by atoms with van der Waals surface area (Å²) in [5.41, 5.74) is 7.90. The molecule has 4 N–H and O–H groups in total. The van der Waals surface area contributed by atoms with Crippen LogP contribution in [0.25, 0.3) is 0 Å². The van der Waals surface area contributed by atoms with Crippen molar-refractivity contribution in [3.05, 3.63) is 35.5 Å². The number of ether oxygens (including phenoxy) is 1. The van der Waals surface area contributed by atoms with Crippen LogP contribution in [-0.4, -0.2) is 40.1 Å². The Morgan fingerprint density at radius 1 is 1.25 bits per heavy atom. The second-order valence-electron chi connectivity index (χ2n) is 5.72. The molecule has 10 heteroatoms.